The van der Waals surface area contributed by atoms with Gasteiger partial charge in [0.1, 0.15) is 17.2 Å². The van der Waals surface area contributed by atoms with Gasteiger partial charge in [0, 0.05) is 6.54 Å². The van der Waals surface area contributed by atoms with Gasteiger partial charge >= 0.3 is 5.97 Å². The number of halogens is 1. The van der Waals surface area contributed by atoms with Crippen LogP contribution >= 0.6 is 0 Å². The Morgan fingerprint density at radius 1 is 1.50 bits per heavy atom. The van der Waals surface area contributed by atoms with Gasteiger partial charge in [0.15, 0.2) is 0 Å². The first-order valence-corrected chi connectivity index (χ1v) is 5.85. The van der Waals surface area contributed by atoms with Crippen LogP contribution in [0.5, 0.6) is 0 Å². The second-order valence-corrected chi connectivity index (χ2v) is 4.64. The third-order valence-corrected chi connectivity index (χ3v) is 3.20. The van der Waals surface area contributed by atoms with Gasteiger partial charge in [-0.1, -0.05) is 12.8 Å². The largest absolute Gasteiger partial charge is 0.478 e. The Balaban J connectivity index is 2.11. The third-order valence-electron chi connectivity index (χ3n) is 3.20. The van der Waals surface area contributed by atoms with E-state index in [4.69, 9.17) is 5.11 Å². The van der Waals surface area contributed by atoms with E-state index in [1.807, 2.05) is 0 Å². The average Bonchev–Trinajstić information content (AvgIpc) is 2.75. The first kappa shape index (κ1) is 12.8. The molecule has 0 spiro atoms. The number of aromatic nitrogens is 1. The number of aliphatic hydroxyl groups is 1. The zero-order chi connectivity index (χ0) is 13.2. The second kappa shape index (κ2) is 4.89. The normalized spacial score (nSPS) is 17.7. The van der Waals surface area contributed by atoms with Crippen molar-refractivity contribution in [1.29, 1.82) is 0 Å². The molecule has 0 amide bonds. The maximum Gasteiger partial charge on any atom is 0.339 e. The summed E-state index contributed by atoms with van der Waals surface area (Å²) in [5.74, 6) is -1.86. The summed E-state index contributed by atoms with van der Waals surface area (Å²) in [5, 5.41) is 21.9. The van der Waals surface area contributed by atoms with Crippen LogP contribution in [0.2, 0.25) is 0 Å². The topological polar surface area (TPSA) is 82.5 Å². The van der Waals surface area contributed by atoms with Crippen LogP contribution in [0.3, 0.4) is 0 Å². The molecule has 3 N–H and O–H groups in total. The predicted molar refractivity (Wildman–Crippen MR) is 63.1 cm³/mol. The van der Waals surface area contributed by atoms with E-state index in [-0.39, 0.29) is 17.9 Å². The van der Waals surface area contributed by atoms with Crippen LogP contribution in [0.25, 0.3) is 0 Å². The number of nitrogens with zero attached hydrogens (tertiary/aromatic N) is 1. The molecule has 5 nitrogen and oxygen atoms in total. The van der Waals surface area contributed by atoms with E-state index in [2.05, 4.69) is 10.3 Å². The van der Waals surface area contributed by atoms with Gasteiger partial charge in [-0.25, -0.2) is 14.2 Å². The Bertz CT molecular complexity index is 459. The molecule has 1 heterocycles. The van der Waals surface area contributed by atoms with E-state index < -0.39 is 17.4 Å². The quantitative estimate of drug-likeness (QED) is 0.760. The highest BCUT2D eigenvalue weighted by molar-refractivity contribution is 5.93. The molecule has 0 aliphatic heterocycles. The lowest BCUT2D eigenvalue weighted by atomic mass is 10.0. The Kier molecular flexibility index (Phi) is 3.47. The summed E-state index contributed by atoms with van der Waals surface area (Å²) in [6, 6.07) is 0.913. The number of carboxylic acids is 1. The molecule has 18 heavy (non-hydrogen) atoms. The van der Waals surface area contributed by atoms with Crippen LogP contribution in [0, 0.1) is 5.82 Å². The fourth-order valence-electron chi connectivity index (χ4n) is 2.20. The summed E-state index contributed by atoms with van der Waals surface area (Å²) in [4.78, 5) is 14.7. The molecule has 1 fully saturated rings. The van der Waals surface area contributed by atoms with Gasteiger partial charge in [-0.2, -0.15) is 0 Å². The van der Waals surface area contributed by atoms with Crippen LogP contribution in [0.15, 0.2) is 12.3 Å². The molecule has 1 aliphatic rings. The van der Waals surface area contributed by atoms with Gasteiger partial charge in [-0.3, -0.25) is 0 Å². The molecule has 98 valence electrons. The Morgan fingerprint density at radius 3 is 2.78 bits per heavy atom. The van der Waals surface area contributed by atoms with Gasteiger partial charge < -0.3 is 15.5 Å². The van der Waals surface area contributed by atoms with Crippen LogP contribution in [0.1, 0.15) is 36.0 Å². The van der Waals surface area contributed by atoms with Crippen LogP contribution < -0.4 is 5.32 Å². The van der Waals surface area contributed by atoms with Gasteiger partial charge in [0.05, 0.1) is 11.8 Å². The first-order chi connectivity index (χ1) is 8.50. The Labute approximate surface area is 104 Å². The summed E-state index contributed by atoms with van der Waals surface area (Å²) in [6.07, 6.45) is 4.24. The molecule has 1 aromatic rings. The number of rotatable bonds is 4. The van der Waals surface area contributed by atoms with E-state index in [0.717, 1.165) is 25.1 Å². The zero-order valence-electron chi connectivity index (χ0n) is 9.82. The second-order valence-electron chi connectivity index (χ2n) is 4.64. The predicted octanol–water partition coefficient (Wildman–Crippen LogP) is 1.64. The highest BCUT2D eigenvalue weighted by atomic mass is 19.1. The van der Waals surface area contributed by atoms with Crippen molar-refractivity contribution in [3.63, 3.8) is 0 Å². The first-order valence-electron chi connectivity index (χ1n) is 5.85. The maximum absolute atomic E-state index is 12.9. The lowest BCUT2D eigenvalue weighted by molar-refractivity contribution is 0.0609. The highest BCUT2D eigenvalue weighted by Crippen LogP contribution is 2.29. The molecule has 0 aromatic carbocycles. The van der Waals surface area contributed by atoms with E-state index in [1.54, 1.807) is 0 Å². The average molecular weight is 254 g/mol. The summed E-state index contributed by atoms with van der Waals surface area (Å²) >= 11 is 0. The molecular weight excluding hydrogens is 239 g/mol. The van der Waals surface area contributed by atoms with Crippen molar-refractivity contribution < 1.29 is 19.4 Å². The number of carboxylic acid groups (broad SMARTS) is 1. The van der Waals surface area contributed by atoms with Crippen molar-refractivity contribution in [1.82, 2.24) is 4.98 Å². The van der Waals surface area contributed by atoms with Crippen molar-refractivity contribution in [3.8, 4) is 0 Å². The lowest BCUT2D eigenvalue weighted by Gasteiger charge is -2.23. The molecule has 1 saturated carbocycles. The molecule has 6 heteroatoms. The number of anilines is 1. The number of carbonyl (C=O) groups is 1. The van der Waals surface area contributed by atoms with Gasteiger partial charge in [-0.15, -0.1) is 0 Å². The van der Waals surface area contributed by atoms with E-state index >= 15 is 0 Å². The van der Waals surface area contributed by atoms with E-state index in [0.29, 0.717) is 12.8 Å². The summed E-state index contributed by atoms with van der Waals surface area (Å²) in [6.45, 7) is 0.228. The molecule has 0 bridgehead atoms. The smallest absolute Gasteiger partial charge is 0.339 e. The minimum absolute atomic E-state index is 0.0872. The summed E-state index contributed by atoms with van der Waals surface area (Å²) < 4.78 is 12.9. The highest BCUT2D eigenvalue weighted by Gasteiger charge is 2.31. The zero-order valence-corrected chi connectivity index (χ0v) is 9.82. The van der Waals surface area contributed by atoms with Gasteiger partial charge in [0.2, 0.25) is 0 Å². The van der Waals surface area contributed by atoms with Gasteiger partial charge in [-0.05, 0) is 18.9 Å². The fourth-order valence-corrected chi connectivity index (χ4v) is 2.20. The summed E-state index contributed by atoms with van der Waals surface area (Å²) in [5.41, 5.74) is -1.04. The standard InChI is InChI=1S/C12H15FN2O3/c13-8-5-9(11(16)17)10(14-6-8)15-7-12(18)3-1-2-4-12/h5-6,18H,1-4,7H2,(H,14,15)(H,16,17). The number of pyridine rings is 1. The molecule has 1 aliphatic carbocycles. The summed E-state index contributed by atoms with van der Waals surface area (Å²) in [7, 11) is 0. The van der Waals surface area contributed by atoms with E-state index in [9.17, 15) is 14.3 Å². The molecule has 0 saturated heterocycles. The molecule has 1 aromatic heterocycles. The minimum atomic E-state index is -1.25. The SMILES string of the molecule is O=C(O)c1cc(F)cnc1NCC1(O)CCCC1. The monoisotopic (exact) mass is 254 g/mol. The number of hydrogen-bond acceptors (Lipinski definition) is 4. The number of hydrogen-bond donors (Lipinski definition) is 3. The molecular formula is C12H15FN2O3. The van der Waals surface area contributed by atoms with Crippen LogP contribution in [-0.2, 0) is 0 Å². The molecule has 0 radical (unpaired) electrons. The Morgan fingerprint density at radius 2 is 2.17 bits per heavy atom. The minimum Gasteiger partial charge on any atom is -0.478 e. The lowest BCUT2D eigenvalue weighted by Crippen LogP contribution is -2.34. The van der Waals surface area contributed by atoms with E-state index in [1.165, 1.54) is 0 Å². The van der Waals surface area contributed by atoms with Crippen LogP contribution in [0.4, 0.5) is 10.2 Å². The Hall–Kier alpha value is -1.69. The van der Waals surface area contributed by atoms with Crippen molar-refractivity contribution in [2.24, 2.45) is 0 Å². The van der Waals surface area contributed by atoms with Crippen molar-refractivity contribution >= 4 is 11.8 Å². The molecule has 0 unspecified atom stereocenters. The molecule has 2 rings (SSSR count). The third kappa shape index (κ3) is 2.76. The van der Waals surface area contributed by atoms with Crippen molar-refractivity contribution in [2.75, 3.05) is 11.9 Å². The molecule has 0 atom stereocenters. The maximum atomic E-state index is 12.9. The van der Waals surface area contributed by atoms with Crippen molar-refractivity contribution in [2.45, 2.75) is 31.3 Å². The van der Waals surface area contributed by atoms with Crippen LogP contribution in [-0.4, -0.2) is 33.3 Å². The van der Waals surface area contributed by atoms with Crippen molar-refractivity contribution in [3.05, 3.63) is 23.6 Å². The van der Waals surface area contributed by atoms with Gasteiger partial charge in [0.25, 0.3) is 0 Å². The number of aromatic carboxylic acids is 1. The number of nitrogens with one attached hydrogen (secondary N) is 1. The fraction of sp³-hybridized carbons (Fsp3) is 0.500.